The molecule has 1 saturated heterocycles. The highest BCUT2D eigenvalue weighted by molar-refractivity contribution is 5.85. The summed E-state index contributed by atoms with van der Waals surface area (Å²) in [5, 5.41) is 20.1. The van der Waals surface area contributed by atoms with E-state index in [1.165, 1.54) is 12.3 Å². The van der Waals surface area contributed by atoms with Crippen LogP contribution in [0.3, 0.4) is 0 Å². The number of rotatable bonds is 5. The Kier molecular flexibility index (Phi) is 7.32. The fraction of sp³-hybridized carbons (Fsp3) is 0.643. The molecule has 0 bridgehead atoms. The van der Waals surface area contributed by atoms with Gasteiger partial charge in [0.15, 0.2) is 6.23 Å². The Morgan fingerprint density at radius 3 is 2.64 bits per heavy atom. The highest BCUT2D eigenvalue weighted by atomic mass is 35.5. The van der Waals surface area contributed by atoms with E-state index in [2.05, 4.69) is 4.98 Å². The van der Waals surface area contributed by atoms with Gasteiger partial charge in [-0.05, 0) is 12.0 Å². The summed E-state index contributed by atoms with van der Waals surface area (Å²) in [5.41, 5.74) is 10.3. The molecule has 0 amide bonds. The normalized spacial score (nSPS) is 27.0. The molecule has 1 aliphatic rings. The Hall–Kier alpha value is -1.72. The summed E-state index contributed by atoms with van der Waals surface area (Å²) >= 11 is 0. The molecule has 6 N–H and O–H groups in total. The monoisotopic (exact) mass is 378 g/mol. The van der Waals surface area contributed by atoms with Gasteiger partial charge in [0.25, 0.3) is 0 Å². The molecule has 0 aromatic carbocycles. The summed E-state index contributed by atoms with van der Waals surface area (Å²) in [7, 11) is 0. The molecule has 1 aromatic rings. The highest BCUT2D eigenvalue weighted by Crippen LogP contribution is 2.28. The summed E-state index contributed by atoms with van der Waals surface area (Å²) in [4.78, 5) is 27.1. The first-order chi connectivity index (χ1) is 11.2. The van der Waals surface area contributed by atoms with E-state index in [1.807, 2.05) is 0 Å². The van der Waals surface area contributed by atoms with Crippen molar-refractivity contribution < 1.29 is 24.5 Å². The largest absolute Gasteiger partial charge is 0.462 e. The van der Waals surface area contributed by atoms with Crippen molar-refractivity contribution in [1.82, 2.24) is 9.55 Å². The third kappa shape index (κ3) is 4.67. The molecular formula is C14H23ClN4O6. The lowest BCUT2D eigenvalue weighted by molar-refractivity contribution is -0.152. The summed E-state index contributed by atoms with van der Waals surface area (Å²) in [5.74, 6) is -0.716. The summed E-state index contributed by atoms with van der Waals surface area (Å²) in [6.07, 6.45) is -3.60. The number of aliphatic hydroxyl groups excluding tert-OH is 2. The van der Waals surface area contributed by atoms with Crippen molar-refractivity contribution in [3.05, 3.63) is 22.7 Å². The minimum Gasteiger partial charge on any atom is -0.462 e. The topological polar surface area (TPSA) is 163 Å². The molecule has 0 aliphatic carbocycles. The van der Waals surface area contributed by atoms with Crippen LogP contribution in [0, 0.1) is 5.92 Å². The minimum atomic E-state index is -1.39. The quantitative estimate of drug-likeness (QED) is 0.441. The van der Waals surface area contributed by atoms with Crippen LogP contribution in [0.2, 0.25) is 0 Å². The molecule has 0 spiro atoms. The van der Waals surface area contributed by atoms with Gasteiger partial charge in [0.05, 0.1) is 0 Å². The van der Waals surface area contributed by atoms with Crippen LogP contribution in [0.4, 0.5) is 5.82 Å². The van der Waals surface area contributed by atoms with Crippen LogP contribution in [0.15, 0.2) is 17.1 Å². The number of ether oxygens (including phenoxy) is 2. The number of nitrogens with two attached hydrogens (primary N) is 2. The van der Waals surface area contributed by atoms with Crippen LogP contribution in [0.25, 0.3) is 0 Å². The lowest BCUT2D eigenvalue weighted by Crippen LogP contribution is -2.40. The third-order valence-electron chi connectivity index (χ3n) is 3.84. The lowest BCUT2D eigenvalue weighted by Gasteiger charge is -2.18. The van der Waals surface area contributed by atoms with Gasteiger partial charge >= 0.3 is 11.7 Å². The standard InChI is InChI=1S/C14H22N4O6.ClH/c1-6(2)9(16)13(21)23-5-7-10(19)11(20)12(24-7)18-4-3-8(15)17-14(18)22;/h3-4,6-7,9-12,19-20H,5,16H2,1-2H3,(H2,15,17,22);1H. The zero-order valence-corrected chi connectivity index (χ0v) is 14.6. The van der Waals surface area contributed by atoms with Gasteiger partial charge in [0.2, 0.25) is 0 Å². The van der Waals surface area contributed by atoms with Gasteiger partial charge in [0.1, 0.15) is 36.8 Å². The molecule has 5 unspecified atom stereocenters. The van der Waals surface area contributed by atoms with Crippen molar-refractivity contribution in [3.63, 3.8) is 0 Å². The van der Waals surface area contributed by atoms with E-state index < -0.39 is 42.2 Å². The van der Waals surface area contributed by atoms with Gasteiger partial charge in [0, 0.05) is 6.20 Å². The van der Waals surface area contributed by atoms with E-state index in [4.69, 9.17) is 20.9 Å². The second kappa shape index (κ2) is 8.59. The van der Waals surface area contributed by atoms with Crippen molar-refractivity contribution in [2.24, 2.45) is 11.7 Å². The number of esters is 1. The van der Waals surface area contributed by atoms with Gasteiger partial charge in [-0.15, -0.1) is 12.4 Å². The predicted octanol–water partition coefficient (Wildman–Crippen LogP) is -1.61. The lowest BCUT2D eigenvalue weighted by atomic mass is 10.1. The molecule has 0 radical (unpaired) electrons. The molecule has 142 valence electrons. The maximum Gasteiger partial charge on any atom is 0.351 e. The van der Waals surface area contributed by atoms with Gasteiger partial charge in [-0.1, -0.05) is 13.8 Å². The number of carbonyl (C=O) groups is 1. The zero-order chi connectivity index (χ0) is 18.0. The Morgan fingerprint density at radius 1 is 1.44 bits per heavy atom. The second-order valence-electron chi connectivity index (χ2n) is 5.99. The Balaban J connectivity index is 0.00000312. The summed E-state index contributed by atoms with van der Waals surface area (Å²) in [6, 6.07) is 0.562. The SMILES string of the molecule is CC(C)C(N)C(=O)OCC1OC(n2ccc(N)nc2=O)C(O)C1O.Cl. The Morgan fingerprint density at radius 2 is 2.08 bits per heavy atom. The molecule has 11 heteroatoms. The number of anilines is 1. The van der Waals surface area contributed by atoms with Crippen molar-refractivity contribution in [3.8, 4) is 0 Å². The van der Waals surface area contributed by atoms with E-state index in [0.717, 1.165) is 4.57 Å². The van der Waals surface area contributed by atoms with Gasteiger partial charge < -0.3 is 31.2 Å². The Labute approximate surface area is 150 Å². The van der Waals surface area contributed by atoms with Crippen molar-refractivity contribution in [2.75, 3.05) is 12.3 Å². The molecule has 2 rings (SSSR count). The van der Waals surface area contributed by atoms with Crippen LogP contribution in [0.5, 0.6) is 0 Å². The number of hydrogen-bond acceptors (Lipinski definition) is 9. The molecule has 25 heavy (non-hydrogen) atoms. The average Bonchev–Trinajstić information content (AvgIpc) is 2.80. The van der Waals surface area contributed by atoms with Gasteiger partial charge in [-0.2, -0.15) is 4.98 Å². The number of nitrogens with zero attached hydrogens (tertiary/aromatic N) is 2. The molecular weight excluding hydrogens is 356 g/mol. The predicted molar refractivity (Wildman–Crippen MR) is 89.9 cm³/mol. The fourth-order valence-corrected chi connectivity index (χ4v) is 2.25. The van der Waals surface area contributed by atoms with Gasteiger partial charge in [-0.25, -0.2) is 4.79 Å². The van der Waals surface area contributed by atoms with Crippen molar-refractivity contribution >= 4 is 24.2 Å². The second-order valence-corrected chi connectivity index (χ2v) is 5.99. The number of hydrogen-bond donors (Lipinski definition) is 4. The molecule has 0 saturated carbocycles. The minimum absolute atomic E-state index is 0. The number of nitrogen functional groups attached to an aromatic ring is 1. The van der Waals surface area contributed by atoms with E-state index in [9.17, 15) is 19.8 Å². The molecule has 1 aromatic heterocycles. The maximum atomic E-state index is 11.8. The molecule has 1 aliphatic heterocycles. The zero-order valence-electron chi connectivity index (χ0n) is 13.8. The summed E-state index contributed by atoms with van der Waals surface area (Å²) < 4.78 is 11.5. The molecule has 10 nitrogen and oxygen atoms in total. The number of halogens is 1. The van der Waals surface area contributed by atoms with Gasteiger partial charge in [-0.3, -0.25) is 9.36 Å². The number of aromatic nitrogens is 2. The van der Waals surface area contributed by atoms with Crippen LogP contribution in [-0.4, -0.2) is 56.7 Å². The van der Waals surface area contributed by atoms with Crippen molar-refractivity contribution in [2.45, 2.75) is 44.4 Å². The molecule has 5 atom stereocenters. The van der Waals surface area contributed by atoms with E-state index in [1.54, 1.807) is 13.8 Å². The van der Waals surface area contributed by atoms with Crippen molar-refractivity contribution in [1.29, 1.82) is 0 Å². The van der Waals surface area contributed by atoms with E-state index in [-0.39, 0.29) is 30.7 Å². The first-order valence-electron chi connectivity index (χ1n) is 7.51. The van der Waals surface area contributed by atoms with Crippen LogP contribution in [-0.2, 0) is 14.3 Å². The van der Waals surface area contributed by atoms with Crippen LogP contribution >= 0.6 is 12.4 Å². The number of carbonyl (C=O) groups excluding carboxylic acids is 1. The third-order valence-corrected chi connectivity index (χ3v) is 3.84. The van der Waals surface area contributed by atoms with Crippen LogP contribution < -0.4 is 17.2 Å². The molecule has 2 heterocycles. The first-order valence-corrected chi connectivity index (χ1v) is 7.51. The molecule has 1 fully saturated rings. The highest BCUT2D eigenvalue weighted by Gasteiger charge is 2.44. The van der Waals surface area contributed by atoms with E-state index in [0.29, 0.717) is 0 Å². The van der Waals surface area contributed by atoms with Crippen LogP contribution in [0.1, 0.15) is 20.1 Å². The number of aliphatic hydroxyl groups is 2. The summed E-state index contributed by atoms with van der Waals surface area (Å²) in [6.45, 7) is 3.24. The first kappa shape index (κ1) is 21.3. The average molecular weight is 379 g/mol. The smallest absolute Gasteiger partial charge is 0.351 e. The fourth-order valence-electron chi connectivity index (χ4n) is 2.25. The maximum absolute atomic E-state index is 11.8. The Bertz CT molecular complexity index is 654. The van der Waals surface area contributed by atoms with E-state index >= 15 is 0 Å².